The number of H-pyrrole nitrogens is 1. The number of rotatable bonds is 5. The van der Waals surface area contributed by atoms with Gasteiger partial charge in [-0.05, 0) is 23.8 Å². The van der Waals surface area contributed by atoms with Crippen molar-refractivity contribution in [2.45, 2.75) is 12.5 Å². The fraction of sp³-hybridized carbons (Fsp3) is 0.158. The van der Waals surface area contributed by atoms with E-state index in [1.54, 1.807) is 6.20 Å². The molecule has 3 N–H and O–H groups in total. The number of hydrogen-bond donors (Lipinski definition) is 3. The molecule has 0 saturated carbocycles. The summed E-state index contributed by atoms with van der Waals surface area (Å²) in [4.78, 5) is 43.5. The zero-order valence-corrected chi connectivity index (χ0v) is 15.6. The molecule has 2 aromatic heterocycles. The maximum atomic E-state index is 12.2. The van der Waals surface area contributed by atoms with Gasteiger partial charge < -0.3 is 20.4 Å². The summed E-state index contributed by atoms with van der Waals surface area (Å²) in [6.07, 6.45) is 3.25. The van der Waals surface area contributed by atoms with Gasteiger partial charge in [-0.15, -0.1) is 0 Å². The van der Waals surface area contributed by atoms with Crippen LogP contribution in [0.15, 0.2) is 48.8 Å². The summed E-state index contributed by atoms with van der Waals surface area (Å²) in [7, 11) is 1.22. The number of esters is 1. The molecule has 0 saturated heterocycles. The summed E-state index contributed by atoms with van der Waals surface area (Å²) in [5.74, 6) is -2.43. The van der Waals surface area contributed by atoms with E-state index in [0.717, 1.165) is 16.5 Å². The average molecular weight is 401 g/mol. The van der Waals surface area contributed by atoms with Crippen molar-refractivity contribution >= 4 is 46.1 Å². The molecule has 2 heterocycles. The Labute approximate surface area is 165 Å². The largest absolute Gasteiger partial charge is 0.467 e. The predicted molar refractivity (Wildman–Crippen MR) is 104 cm³/mol. The number of aromatic amines is 1. The quantitative estimate of drug-likeness (QED) is 0.448. The number of fused-ring (bicyclic) bond motifs is 1. The van der Waals surface area contributed by atoms with Crippen molar-refractivity contribution < 1.29 is 19.1 Å². The molecule has 0 radical (unpaired) electrons. The second-order valence-electron chi connectivity index (χ2n) is 5.93. The number of carbonyl (C=O) groups excluding carboxylic acids is 3. The van der Waals surface area contributed by atoms with Gasteiger partial charge in [0.25, 0.3) is 0 Å². The molecule has 0 aliphatic rings. The molecule has 9 heteroatoms. The standard InChI is InChI=1S/C19H17ClN4O4/c1-28-19(27)15(8-11-9-21-14-5-3-2-4-13(11)14)23-17(25)18(26)24-16-7-6-12(20)10-22-16/h2-7,9-10,15,21H,8H2,1H3,(H,23,25)(H,22,24,26)/t15-/m0/s1. The molecule has 0 fully saturated rings. The Kier molecular flexibility index (Phi) is 5.90. The number of para-hydroxylation sites is 1. The van der Waals surface area contributed by atoms with Gasteiger partial charge in [0.1, 0.15) is 11.9 Å². The van der Waals surface area contributed by atoms with Crippen molar-refractivity contribution in [2.24, 2.45) is 0 Å². The minimum Gasteiger partial charge on any atom is -0.467 e. The number of nitrogens with zero attached hydrogens (tertiary/aromatic N) is 1. The smallest absolute Gasteiger partial charge is 0.328 e. The van der Waals surface area contributed by atoms with Gasteiger partial charge in [0.15, 0.2) is 0 Å². The Bertz CT molecular complexity index is 1020. The van der Waals surface area contributed by atoms with E-state index < -0.39 is 23.8 Å². The molecule has 28 heavy (non-hydrogen) atoms. The van der Waals surface area contributed by atoms with Crippen LogP contribution in [0.1, 0.15) is 5.56 Å². The number of anilines is 1. The number of pyridine rings is 1. The minimum absolute atomic E-state index is 0.162. The lowest BCUT2D eigenvalue weighted by molar-refractivity contribution is -0.146. The lowest BCUT2D eigenvalue weighted by atomic mass is 10.0. The van der Waals surface area contributed by atoms with Gasteiger partial charge in [-0.25, -0.2) is 9.78 Å². The molecule has 1 aromatic carbocycles. The number of ether oxygens (including phenoxy) is 1. The van der Waals surface area contributed by atoms with E-state index in [1.807, 2.05) is 24.3 Å². The zero-order valence-electron chi connectivity index (χ0n) is 14.9. The van der Waals surface area contributed by atoms with E-state index >= 15 is 0 Å². The second kappa shape index (κ2) is 8.53. The fourth-order valence-corrected chi connectivity index (χ4v) is 2.81. The number of methoxy groups -OCH3 is 1. The van der Waals surface area contributed by atoms with Gasteiger partial charge in [-0.3, -0.25) is 9.59 Å². The average Bonchev–Trinajstić information content (AvgIpc) is 3.11. The van der Waals surface area contributed by atoms with Crippen LogP contribution in [0.5, 0.6) is 0 Å². The van der Waals surface area contributed by atoms with Gasteiger partial charge in [0.05, 0.1) is 12.1 Å². The Morgan fingerprint density at radius 1 is 1.18 bits per heavy atom. The first-order valence-corrected chi connectivity index (χ1v) is 8.72. The van der Waals surface area contributed by atoms with Gasteiger partial charge >= 0.3 is 17.8 Å². The van der Waals surface area contributed by atoms with Crippen LogP contribution in [0, 0.1) is 0 Å². The summed E-state index contributed by atoms with van der Waals surface area (Å²) in [6.45, 7) is 0. The van der Waals surface area contributed by atoms with Crippen molar-refractivity contribution in [3.05, 3.63) is 59.4 Å². The highest BCUT2D eigenvalue weighted by Crippen LogP contribution is 2.19. The maximum Gasteiger partial charge on any atom is 0.328 e. The van der Waals surface area contributed by atoms with Crippen molar-refractivity contribution in [3.63, 3.8) is 0 Å². The molecular weight excluding hydrogens is 384 g/mol. The number of amides is 2. The first-order valence-electron chi connectivity index (χ1n) is 8.34. The minimum atomic E-state index is -1.03. The van der Waals surface area contributed by atoms with Gasteiger partial charge in [-0.1, -0.05) is 29.8 Å². The second-order valence-corrected chi connectivity index (χ2v) is 6.37. The number of halogens is 1. The summed E-state index contributed by atoms with van der Waals surface area (Å²) in [5.41, 5.74) is 1.71. The molecule has 0 unspecified atom stereocenters. The first kappa shape index (κ1) is 19.4. The fourth-order valence-electron chi connectivity index (χ4n) is 2.70. The van der Waals surface area contributed by atoms with Crippen LogP contribution in [-0.2, 0) is 25.5 Å². The molecule has 2 amide bonds. The van der Waals surface area contributed by atoms with Crippen LogP contribution in [0.3, 0.4) is 0 Å². The Hall–Kier alpha value is -3.39. The molecular formula is C19H17ClN4O4. The molecule has 0 spiro atoms. The maximum absolute atomic E-state index is 12.2. The number of hydrogen-bond acceptors (Lipinski definition) is 5. The van der Waals surface area contributed by atoms with E-state index in [2.05, 4.69) is 20.6 Å². The van der Waals surface area contributed by atoms with Crippen molar-refractivity contribution in [1.82, 2.24) is 15.3 Å². The summed E-state index contributed by atoms with van der Waals surface area (Å²) < 4.78 is 4.76. The third-order valence-corrected chi connectivity index (χ3v) is 4.29. The topological polar surface area (TPSA) is 113 Å². The normalized spacial score (nSPS) is 11.6. The lowest BCUT2D eigenvalue weighted by Gasteiger charge is -2.16. The van der Waals surface area contributed by atoms with Crippen LogP contribution in [0.4, 0.5) is 5.82 Å². The summed E-state index contributed by atoms with van der Waals surface area (Å²) >= 11 is 5.73. The molecule has 3 rings (SSSR count). The third kappa shape index (κ3) is 4.47. The highest BCUT2D eigenvalue weighted by atomic mass is 35.5. The summed E-state index contributed by atoms with van der Waals surface area (Å²) in [6, 6.07) is 9.51. The van der Waals surface area contributed by atoms with Crippen LogP contribution in [-0.4, -0.2) is 40.9 Å². The van der Waals surface area contributed by atoms with E-state index in [0.29, 0.717) is 5.02 Å². The highest BCUT2D eigenvalue weighted by Gasteiger charge is 2.26. The number of nitrogens with one attached hydrogen (secondary N) is 3. The lowest BCUT2D eigenvalue weighted by Crippen LogP contribution is -2.47. The highest BCUT2D eigenvalue weighted by molar-refractivity contribution is 6.39. The Morgan fingerprint density at radius 2 is 1.96 bits per heavy atom. The van der Waals surface area contributed by atoms with Crippen LogP contribution >= 0.6 is 11.6 Å². The van der Waals surface area contributed by atoms with E-state index in [-0.39, 0.29) is 12.2 Å². The first-order chi connectivity index (χ1) is 13.5. The molecule has 144 valence electrons. The molecule has 8 nitrogen and oxygen atoms in total. The Balaban J connectivity index is 1.71. The zero-order chi connectivity index (χ0) is 20.1. The van der Waals surface area contributed by atoms with Crippen molar-refractivity contribution in [1.29, 1.82) is 0 Å². The third-order valence-electron chi connectivity index (χ3n) is 4.07. The molecule has 0 aliphatic heterocycles. The van der Waals surface area contributed by atoms with Gasteiger partial charge in [-0.2, -0.15) is 0 Å². The SMILES string of the molecule is COC(=O)[C@H](Cc1c[nH]c2ccccc12)NC(=O)C(=O)Nc1ccc(Cl)cn1. The van der Waals surface area contributed by atoms with E-state index in [1.165, 1.54) is 25.4 Å². The van der Waals surface area contributed by atoms with Crippen LogP contribution in [0.25, 0.3) is 10.9 Å². The van der Waals surface area contributed by atoms with E-state index in [9.17, 15) is 14.4 Å². The molecule has 1 atom stereocenters. The molecule has 0 bridgehead atoms. The van der Waals surface area contributed by atoms with Crippen molar-refractivity contribution in [3.8, 4) is 0 Å². The van der Waals surface area contributed by atoms with Crippen LogP contribution in [0.2, 0.25) is 5.02 Å². The van der Waals surface area contributed by atoms with E-state index in [4.69, 9.17) is 16.3 Å². The number of aromatic nitrogens is 2. The number of carbonyl (C=O) groups is 3. The number of benzene rings is 1. The van der Waals surface area contributed by atoms with Crippen LogP contribution < -0.4 is 10.6 Å². The van der Waals surface area contributed by atoms with Gasteiger partial charge in [0.2, 0.25) is 0 Å². The molecule has 0 aliphatic carbocycles. The summed E-state index contributed by atoms with van der Waals surface area (Å²) in [5, 5.41) is 6.06. The Morgan fingerprint density at radius 3 is 2.68 bits per heavy atom. The van der Waals surface area contributed by atoms with Crippen molar-refractivity contribution in [2.75, 3.05) is 12.4 Å². The van der Waals surface area contributed by atoms with Gasteiger partial charge in [0, 0.05) is 29.7 Å². The molecule has 3 aromatic rings. The predicted octanol–water partition coefficient (Wildman–Crippen LogP) is 2.06. The monoisotopic (exact) mass is 400 g/mol.